The molecule has 144 valence electrons. The van der Waals surface area contributed by atoms with E-state index in [4.69, 9.17) is 17.3 Å². The average molecular weight is 470 g/mol. The standard InChI is InChI=1S/C18H19BrN2O4S2/c1-2-4-16(21(27(24)25)15-9-7-13(19)8-10-15)17(26)20-14-6-3-5-12(11-14)18(22)23/h3,5-11,16H,2,4H2,1H3,(H,20,26)(H,22,23)(H,24,25)/p-1. The van der Waals surface area contributed by atoms with Gasteiger partial charge in [0.2, 0.25) is 0 Å². The second-order valence-corrected chi connectivity index (χ2v) is 7.88. The van der Waals surface area contributed by atoms with E-state index in [1.165, 1.54) is 16.4 Å². The monoisotopic (exact) mass is 469 g/mol. The average Bonchev–Trinajstić information content (AvgIpc) is 2.62. The summed E-state index contributed by atoms with van der Waals surface area (Å²) in [5, 5.41) is 12.1. The minimum atomic E-state index is -2.54. The van der Waals surface area contributed by atoms with E-state index >= 15 is 0 Å². The minimum Gasteiger partial charge on any atom is -0.755 e. The van der Waals surface area contributed by atoms with Crippen LogP contribution in [0, 0.1) is 0 Å². The molecule has 2 rings (SSSR count). The number of aromatic carboxylic acids is 1. The maximum absolute atomic E-state index is 12.0. The van der Waals surface area contributed by atoms with Gasteiger partial charge in [0.05, 0.1) is 11.6 Å². The Morgan fingerprint density at radius 2 is 2.00 bits per heavy atom. The molecule has 0 saturated carbocycles. The van der Waals surface area contributed by atoms with Gasteiger partial charge in [0.15, 0.2) is 0 Å². The van der Waals surface area contributed by atoms with Gasteiger partial charge in [-0.05, 0) is 48.9 Å². The Balaban J connectivity index is 2.31. The van der Waals surface area contributed by atoms with Crippen LogP contribution < -0.4 is 9.62 Å². The maximum atomic E-state index is 12.0. The van der Waals surface area contributed by atoms with E-state index in [-0.39, 0.29) is 5.56 Å². The lowest BCUT2D eigenvalue weighted by Gasteiger charge is -2.35. The third kappa shape index (κ3) is 5.83. The van der Waals surface area contributed by atoms with Crippen molar-refractivity contribution in [3.05, 3.63) is 58.6 Å². The molecule has 2 atom stereocenters. The fraction of sp³-hybridized carbons (Fsp3) is 0.222. The molecule has 2 aromatic rings. The summed E-state index contributed by atoms with van der Waals surface area (Å²) >= 11 is 6.27. The summed E-state index contributed by atoms with van der Waals surface area (Å²) in [6.45, 7) is 1.94. The number of hydrogen-bond acceptors (Lipinski definition) is 4. The highest BCUT2D eigenvalue weighted by molar-refractivity contribution is 9.10. The molecule has 0 fully saturated rings. The lowest BCUT2D eigenvalue weighted by molar-refractivity contribution is 0.0697. The molecule has 0 bridgehead atoms. The first-order chi connectivity index (χ1) is 12.8. The number of hydrogen-bond donors (Lipinski definition) is 2. The van der Waals surface area contributed by atoms with E-state index in [0.717, 1.165) is 4.47 Å². The predicted molar refractivity (Wildman–Crippen MR) is 114 cm³/mol. The van der Waals surface area contributed by atoms with Gasteiger partial charge < -0.3 is 15.0 Å². The third-order valence-electron chi connectivity index (χ3n) is 3.77. The molecule has 0 aromatic heterocycles. The highest BCUT2D eigenvalue weighted by Crippen LogP contribution is 2.25. The van der Waals surface area contributed by atoms with Crippen LogP contribution in [-0.4, -0.2) is 30.9 Å². The molecule has 6 nitrogen and oxygen atoms in total. The van der Waals surface area contributed by atoms with Crippen molar-refractivity contribution in [2.45, 2.75) is 25.8 Å². The van der Waals surface area contributed by atoms with Crippen LogP contribution in [0.25, 0.3) is 0 Å². The Morgan fingerprint density at radius 1 is 1.33 bits per heavy atom. The van der Waals surface area contributed by atoms with E-state index < -0.39 is 23.3 Å². The lowest BCUT2D eigenvalue weighted by atomic mass is 10.1. The summed E-state index contributed by atoms with van der Waals surface area (Å²) in [7, 11) is 0. The number of carbonyl (C=O) groups is 1. The SMILES string of the molecule is CCCC(C(=S)Nc1cccc(C(=O)O)c1)N(c1ccc(Br)cc1)S(=O)[O-]. The van der Waals surface area contributed by atoms with Crippen molar-refractivity contribution in [2.75, 3.05) is 9.62 Å². The third-order valence-corrected chi connectivity index (χ3v) is 5.46. The van der Waals surface area contributed by atoms with Crippen molar-refractivity contribution >= 4 is 61.7 Å². The summed E-state index contributed by atoms with van der Waals surface area (Å²) in [5.41, 5.74) is 1.11. The molecular formula is C18H18BrN2O4S2-. The Morgan fingerprint density at radius 3 is 2.56 bits per heavy atom. The summed E-state index contributed by atoms with van der Waals surface area (Å²) < 4.78 is 26.0. The molecule has 0 radical (unpaired) electrons. The first kappa shape index (κ1) is 21.5. The number of halogens is 1. The van der Waals surface area contributed by atoms with Crippen LogP contribution in [0.5, 0.6) is 0 Å². The Kier molecular flexibility index (Phi) is 7.91. The summed E-state index contributed by atoms with van der Waals surface area (Å²) in [5.74, 6) is -1.05. The molecule has 2 unspecified atom stereocenters. The molecule has 0 heterocycles. The molecular weight excluding hydrogens is 452 g/mol. The first-order valence-electron chi connectivity index (χ1n) is 8.12. The van der Waals surface area contributed by atoms with Gasteiger partial charge in [-0.2, -0.15) is 0 Å². The summed E-state index contributed by atoms with van der Waals surface area (Å²) in [6, 6.07) is 12.5. The number of rotatable bonds is 8. The molecule has 27 heavy (non-hydrogen) atoms. The molecule has 2 N–H and O–H groups in total. The topological polar surface area (TPSA) is 92.7 Å². The van der Waals surface area contributed by atoms with Crippen molar-refractivity contribution in [3.63, 3.8) is 0 Å². The molecule has 0 spiro atoms. The van der Waals surface area contributed by atoms with Gasteiger partial charge in [-0.3, -0.25) is 8.51 Å². The van der Waals surface area contributed by atoms with Crippen LogP contribution >= 0.6 is 28.1 Å². The highest BCUT2D eigenvalue weighted by atomic mass is 79.9. The minimum absolute atomic E-state index is 0.118. The lowest BCUT2D eigenvalue weighted by Crippen LogP contribution is -2.44. The molecule has 0 aliphatic heterocycles. The normalized spacial score (nSPS) is 12.9. The Hall–Kier alpha value is -1.81. The van der Waals surface area contributed by atoms with E-state index in [9.17, 15) is 13.6 Å². The van der Waals surface area contributed by atoms with Gasteiger partial charge in [0, 0.05) is 27.1 Å². The number of nitrogens with one attached hydrogen (secondary N) is 1. The molecule has 0 amide bonds. The number of benzene rings is 2. The molecule has 0 aliphatic rings. The maximum Gasteiger partial charge on any atom is 0.335 e. The number of nitrogens with zero attached hydrogens (tertiary/aromatic N) is 1. The van der Waals surface area contributed by atoms with Crippen LogP contribution in [0.15, 0.2) is 53.0 Å². The van der Waals surface area contributed by atoms with E-state index in [0.29, 0.717) is 29.2 Å². The van der Waals surface area contributed by atoms with Crippen LogP contribution in [0.1, 0.15) is 30.1 Å². The quantitative estimate of drug-likeness (QED) is 0.440. The van der Waals surface area contributed by atoms with Gasteiger partial charge >= 0.3 is 5.97 Å². The Labute approximate surface area is 174 Å². The second kappa shape index (κ2) is 9.93. The fourth-order valence-corrected chi connectivity index (χ4v) is 3.93. The Bertz CT molecular complexity index is 846. The largest absolute Gasteiger partial charge is 0.755 e. The van der Waals surface area contributed by atoms with Crippen LogP contribution in [0.2, 0.25) is 0 Å². The van der Waals surface area contributed by atoms with E-state index in [2.05, 4.69) is 21.2 Å². The summed E-state index contributed by atoms with van der Waals surface area (Å²) in [6.07, 6.45) is 1.22. The fourth-order valence-electron chi connectivity index (χ4n) is 2.54. The van der Waals surface area contributed by atoms with Gasteiger partial charge in [-0.15, -0.1) is 0 Å². The second-order valence-electron chi connectivity index (χ2n) is 5.70. The highest BCUT2D eigenvalue weighted by Gasteiger charge is 2.24. The van der Waals surface area contributed by atoms with Gasteiger partial charge in [-0.25, -0.2) is 4.79 Å². The molecule has 0 aliphatic carbocycles. The van der Waals surface area contributed by atoms with E-state index in [1.54, 1.807) is 36.4 Å². The zero-order chi connectivity index (χ0) is 20.0. The van der Waals surface area contributed by atoms with Crippen molar-refractivity contribution in [1.82, 2.24) is 0 Å². The first-order valence-corrected chi connectivity index (χ1v) is 10.3. The zero-order valence-corrected chi connectivity index (χ0v) is 17.6. The van der Waals surface area contributed by atoms with Crippen molar-refractivity contribution in [2.24, 2.45) is 0 Å². The number of carboxylic acid groups (broad SMARTS) is 1. The van der Waals surface area contributed by atoms with Crippen LogP contribution in [0.3, 0.4) is 0 Å². The molecule has 0 saturated heterocycles. The van der Waals surface area contributed by atoms with Crippen LogP contribution in [-0.2, 0) is 11.3 Å². The molecule has 2 aromatic carbocycles. The van der Waals surface area contributed by atoms with Crippen molar-refractivity contribution in [1.29, 1.82) is 0 Å². The smallest absolute Gasteiger partial charge is 0.335 e. The van der Waals surface area contributed by atoms with E-state index in [1.807, 2.05) is 6.92 Å². The van der Waals surface area contributed by atoms with Crippen LogP contribution in [0.4, 0.5) is 11.4 Å². The van der Waals surface area contributed by atoms with Crippen molar-refractivity contribution in [3.8, 4) is 0 Å². The van der Waals surface area contributed by atoms with Gasteiger partial charge in [-0.1, -0.05) is 47.6 Å². The number of thiocarbonyl (C=S) groups is 1. The number of carboxylic acids is 1. The number of anilines is 2. The summed E-state index contributed by atoms with van der Waals surface area (Å²) in [4.78, 5) is 11.4. The molecule has 9 heteroatoms. The predicted octanol–water partition coefficient (Wildman–Crippen LogP) is 4.36. The van der Waals surface area contributed by atoms with Gasteiger partial charge in [0.1, 0.15) is 4.99 Å². The van der Waals surface area contributed by atoms with Crippen molar-refractivity contribution < 1.29 is 18.7 Å². The zero-order valence-electron chi connectivity index (χ0n) is 14.4. The van der Waals surface area contributed by atoms with Gasteiger partial charge in [0.25, 0.3) is 0 Å².